The van der Waals surface area contributed by atoms with Crippen molar-refractivity contribution in [2.24, 2.45) is 0 Å². The summed E-state index contributed by atoms with van der Waals surface area (Å²) >= 11 is 0. The summed E-state index contributed by atoms with van der Waals surface area (Å²) in [6.07, 6.45) is 5.56. The highest BCUT2D eigenvalue weighted by Crippen LogP contribution is 2.35. The summed E-state index contributed by atoms with van der Waals surface area (Å²) in [7, 11) is 0. The number of benzene rings is 2. The number of hydrogen-bond acceptors (Lipinski definition) is 5. The Morgan fingerprint density at radius 1 is 1.18 bits per heavy atom. The summed E-state index contributed by atoms with van der Waals surface area (Å²) in [4.78, 5) is 7.94. The van der Waals surface area contributed by atoms with Crippen LogP contribution in [0, 0.1) is 5.82 Å². The van der Waals surface area contributed by atoms with Gasteiger partial charge in [-0.3, -0.25) is 5.10 Å². The highest BCUT2D eigenvalue weighted by molar-refractivity contribution is 5.95. The van der Waals surface area contributed by atoms with Gasteiger partial charge in [-0.05, 0) is 47.7 Å². The number of fused-ring (bicyclic) bond motifs is 3. The van der Waals surface area contributed by atoms with Crippen molar-refractivity contribution in [2.75, 3.05) is 13.2 Å². The highest BCUT2D eigenvalue weighted by atomic mass is 19.1. The van der Waals surface area contributed by atoms with E-state index in [-0.39, 0.29) is 17.3 Å². The molecule has 4 N–H and O–H groups in total. The van der Waals surface area contributed by atoms with E-state index >= 15 is 4.39 Å². The van der Waals surface area contributed by atoms with Crippen LogP contribution in [0.2, 0.25) is 0 Å². The number of nitrogens with zero attached hydrogens (tertiary/aromatic N) is 2. The second-order valence-corrected chi connectivity index (χ2v) is 8.67. The van der Waals surface area contributed by atoms with Gasteiger partial charge in [0.1, 0.15) is 17.0 Å². The molecule has 2 aromatic heterocycles. The van der Waals surface area contributed by atoms with Gasteiger partial charge in [-0.2, -0.15) is 5.10 Å². The fourth-order valence-corrected chi connectivity index (χ4v) is 4.91. The van der Waals surface area contributed by atoms with Gasteiger partial charge in [-0.15, -0.1) is 0 Å². The average Bonchev–Trinajstić information content (AvgIpc) is 3.47. The molecule has 0 amide bonds. The van der Waals surface area contributed by atoms with Crippen molar-refractivity contribution in [3.05, 3.63) is 59.7 Å². The summed E-state index contributed by atoms with van der Waals surface area (Å²) in [6.45, 7) is 3.37. The van der Waals surface area contributed by atoms with E-state index in [9.17, 15) is 5.11 Å². The number of rotatable bonds is 4. The summed E-state index contributed by atoms with van der Waals surface area (Å²) < 4.78 is 21.1. The van der Waals surface area contributed by atoms with Crippen LogP contribution in [0.5, 0.6) is 5.75 Å². The van der Waals surface area contributed by atoms with Crippen molar-refractivity contribution in [1.29, 1.82) is 0 Å². The van der Waals surface area contributed by atoms with Crippen LogP contribution in [0.4, 0.5) is 4.39 Å². The Balaban J connectivity index is 1.37. The van der Waals surface area contributed by atoms with Gasteiger partial charge >= 0.3 is 0 Å². The zero-order chi connectivity index (χ0) is 22.5. The Morgan fingerprint density at radius 2 is 2.06 bits per heavy atom. The number of hydrogen-bond donors (Lipinski definition) is 4. The molecular formula is C25H24FN5O2. The average molecular weight is 445 g/mol. The number of nitrogens with one attached hydrogen (secondary N) is 3. The standard InChI is InChI=1S/C25H24FN5O2/c1-2-13-9-17(32)3-4-18(13)19-5-6-20-23(22(19)26)30-31-24(20)25-27-10-21(29-25)14-7-15-11-33-12-16(8-14)28-15/h3-7,9-10,15-16,28,32H,2,8,11-12H2,1H3,(H,27,29)(H,30,31). The molecule has 168 valence electrons. The molecule has 2 bridgehead atoms. The van der Waals surface area contributed by atoms with E-state index in [0.29, 0.717) is 48.1 Å². The third kappa shape index (κ3) is 3.42. The fourth-order valence-electron chi connectivity index (χ4n) is 4.91. The summed E-state index contributed by atoms with van der Waals surface area (Å²) in [5.41, 5.74) is 5.19. The lowest BCUT2D eigenvalue weighted by atomic mass is 9.95. The quantitative estimate of drug-likeness (QED) is 0.378. The molecule has 4 heterocycles. The fraction of sp³-hybridized carbons (Fsp3) is 0.280. The molecule has 1 saturated heterocycles. The zero-order valence-electron chi connectivity index (χ0n) is 18.2. The van der Waals surface area contributed by atoms with E-state index < -0.39 is 5.82 Å². The van der Waals surface area contributed by atoms with Crippen LogP contribution in [0.15, 0.2) is 42.6 Å². The first-order chi connectivity index (χ1) is 16.1. The van der Waals surface area contributed by atoms with Gasteiger partial charge in [-0.1, -0.05) is 25.1 Å². The number of aromatic amines is 2. The van der Waals surface area contributed by atoms with Crippen LogP contribution >= 0.6 is 0 Å². The second-order valence-electron chi connectivity index (χ2n) is 8.67. The third-order valence-corrected chi connectivity index (χ3v) is 6.52. The molecule has 7 nitrogen and oxygen atoms in total. The number of morpholine rings is 1. The molecule has 2 aromatic carbocycles. The molecule has 0 saturated carbocycles. The van der Waals surface area contributed by atoms with Crippen molar-refractivity contribution < 1.29 is 14.2 Å². The first-order valence-electron chi connectivity index (χ1n) is 11.2. The van der Waals surface area contributed by atoms with Crippen LogP contribution in [0.3, 0.4) is 0 Å². The molecule has 4 aromatic rings. The lowest BCUT2D eigenvalue weighted by Gasteiger charge is -2.34. The minimum absolute atomic E-state index is 0.174. The van der Waals surface area contributed by atoms with Gasteiger partial charge in [0.15, 0.2) is 11.6 Å². The Morgan fingerprint density at radius 3 is 2.91 bits per heavy atom. The van der Waals surface area contributed by atoms with Gasteiger partial charge in [0.05, 0.1) is 25.1 Å². The summed E-state index contributed by atoms with van der Waals surface area (Å²) in [5.74, 6) is 0.406. The molecule has 2 atom stereocenters. The Labute approximate surface area is 189 Å². The topological polar surface area (TPSA) is 98.9 Å². The Bertz CT molecular complexity index is 1390. The number of H-pyrrole nitrogens is 2. The minimum Gasteiger partial charge on any atom is -0.508 e. The highest BCUT2D eigenvalue weighted by Gasteiger charge is 2.27. The zero-order valence-corrected chi connectivity index (χ0v) is 18.2. The van der Waals surface area contributed by atoms with Crippen molar-refractivity contribution in [3.8, 4) is 28.4 Å². The van der Waals surface area contributed by atoms with Gasteiger partial charge in [-0.25, -0.2) is 9.37 Å². The largest absolute Gasteiger partial charge is 0.508 e. The molecule has 33 heavy (non-hydrogen) atoms. The van der Waals surface area contributed by atoms with Crippen molar-refractivity contribution in [2.45, 2.75) is 31.8 Å². The number of imidazole rings is 1. The molecule has 2 aliphatic rings. The molecule has 0 radical (unpaired) electrons. The number of phenolic OH excluding ortho intramolecular Hbond substituents is 1. The van der Waals surface area contributed by atoms with Crippen LogP contribution in [0.1, 0.15) is 24.6 Å². The molecule has 0 aliphatic carbocycles. The molecule has 0 spiro atoms. The maximum absolute atomic E-state index is 15.5. The minimum atomic E-state index is -0.393. The summed E-state index contributed by atoms with van der Waals surface area (Å²) in [6, 6.07) is 9.16. The Hall–Kier alpha value is -3.49. The molecule has 6 rings (SSSR count). The Kier molecular flexibility index (Phi) is 4.78. The van der Waals surface area contributed by atoms with Crippen LogP contribution in [-0.2, 0) is 11.2 Å². The van der Waals surface area contributed by atoms with E-state index in [1.807, 2.05) is 19.2 Å². The predicted molar refractivity (Wildman–Crippen MR) is 124 cm³/mol. The van der Waals surface area contributed by atoms with E-state index in [2.05, 4.69) is 31.6 Å². The molecule has 1 fully saturated rings. The van der Waals surface area contributed by atoms with Crippen molar-refractivity contribution in [1.82, 2.24) is 25.5 Å². The molecule has 8 heteroatoms. The van der Waals surface area contributed by atoms with Gasteiger partial charge in [0.2, 0.25) is 0 Å². The van der Waals surface area contributed by atoms with E-state index in [1.165, 1.54) is 5.57 Å². The number of aromatic hydroxyl groups is 1. The van der Waals surface area contributed by atoms with Gasteiger partial charge in [0, 0.05) is 23.0 Å². The van der Waals surface area contributed by atoms with E-state index in [1.54, 1.807) is 24.3 Å². The van der Waals surface area contributed by atoms with Gasteiger partial charge in [0.25, 0.3) is 0 Å². The predicted octanol–water partition coefficient (Wildman–Crippen LogP) is 4.17. The first-order valence-corrected chi connectivity index (χ1v) is 11.2. The maximum atomic E-state index is 15.5. The van der Waals surface area contributed by atoms with Crippen molar-refractivity contribution >= 4 is 16.5 Å². The smallest absolute Gasteiger partial charge is 0.159 e. The third-order valence-electron chi connectivity index (χ3n) is 6.52. The van der Waals surface area contributed by atoms with E-state index in [0.717, 1.165) is 23.2 Å². The van der Waals surface area contributed by atoms with E-state index in [4.69, 9.17) is 4.74 Å². The number of phenols is 1. The van der Waals surface area contributed by atoms with Crippen LogP contribution in [0.25, 0.3) is 39.1 Å². The van der Waals surface area contributed by atoms with Crippen molar-refractivity contribution in [3.63, 3.8) is 0 Å². The monoisotopic (exact) mass is 445 g/mol. The lowest BCUT2D eigenvalue weighted by Crippen LogP contribution is -2.50. The van der Waals surface area contributed by atoms with Crippen LogP contribution in [-0.4, -0.2) is 50.6 Å². The van der Waals surface area contributed by atoms with Crippen LogP contribution < -0.4 is 5.32 Å². The number of halogens is 1. The molecular weight excluding hydrogens is 421 g/mol. The second kappa shape index (κ2) is 7.83. The summed E-state index contributed by atoms with van der Waals surface area (Å²) in [5, 5.41) is 21.2. The molecule has 2 aliphatic heterocycles. The SMILES string of the molecule is CCc1cc(O)ccc1-c1ccc2c(-c3ncc(C4=CC5COCC(C4)N5)[nH]3)[nH]nc2c1F. The first kappa shape index (κ1) is 20.1. The lowest BCUT2D eigenvalue weighted by molar-refractivity contribution is 0.0561. The number of aromatic nitrogens is 4. The van der Waals surface area contributed by atoms with Gasteiger partial charge < -0.3 is 20.1 Å². The maximum Gasteiger partial charge on any atom is 0.159 e. The number of aryl methyl sites for hydroxylation is 1. The normalized spacial score (nSPS) is 20.2. The molecule has 2 unspecified atom stereocenters. The number of ether oxygens (including phenoxy) is 1.